The average molecular weight is 319 g/mol. The first-order valence-electron chi connectivity index (χ1n) is 7.55. The Hall–Kier alpha value is -3.21. The van der Waals surface area contributed by atoms with E-state index in [4.69, 9.17) is 4.74 Å². The predicted molar refractivity (Wildman–Crippen MR) is 92.4 cm³/mol. The second kappa shape index (κ2) is 6.91. The van der Waals surface area contributed by atoms with Gasteiger partial charge >= 0.3 is 6.01 Å². The Morgan fingerprint density at radius 1 is 0.958 bits per heavy atom. The topological polar surface area (TPSA) is 64.1 Å². The van der Waals surface area contributed by atoms with Crippen LogP contribution >= 0.6 is 0 Å². The number of anilines is 1. The van der Waals surface area contributed by atoms with Gasteiger partial charge in [-0.1, -0.05) is 35.4 Å². The quantitative estimate of drug-likeness (QED) is 0.785. The van der Waals surface area contributed by atoms with Gasteiger partial charge in [-0.3, -0.25) is 4.79 Å². The van der Waals surface area contributed by atoms with E-state index in [1.54, 1.807) is 0 Å². The van der Waals surface area contributed by atoms with Gasteiger partial charge in [0.1, 0.15) is 5.75 Å². The number of rotatable bonds is 4. The van der Waals surface area contributed by atoms with Crippen LogP contribution < -0.4 is 10.1 Å². The van der Waals surface area contributed by atoms with E-state index in [0.29, 0.717) is 17.0 Å². The van der Waals surface area contributed by atoms with Crippen molar-refractivity contribution in [1.29, 1.82) is 0 Å². The molecule has 0 spiro atoms. The van der Waals surface area contributed by atoms with E-state index in [9.17, 15) is 4.79 Å². The van der Waals surface area contributed by atoms with Crippen molar-refractivity contribution in [3.05, 3.63) is 77.6 Å². The lowest BCUT2D eigenvalue weighted by molar-refractivity contribution is 0.102. The van der Waals surface area contributed by atoms with Crippen molar-refractivity contribution < 1.29 is 9.53 Å². The first-order chi connectivity index (χ1) is 11.6. The Kier molecular flexibility index (Phi) is 4.52. The Morgan fingerprint density at radius 2 is 1.58 bits per heavy atom. The molecule has 1 heterocycles. The highest BCUT2D eigenvalue weighted by molar-refractivity contribution is 6.04. The van der Waals surface area contributed by atoms with E-state index < -0.39 is 0 Å². The highest BCUT2D eigenvalue weighted by atomic mass is 16.5. The summed E-state index contributed by atoms with van der Waals surface area (Å²) in [6, 6.07) is 15.2. The van der Waals surface area contributed by atoms with Crippen LogP contribution in [0.1, 0.15) is 21.5 Å². The molecule has 0 unspecified atom stereocenters. The van der Waals surface area contributed by atoms with E-state index >= 15 is 0 Å². The standard InChI is InChI=1S/C19H17N3O2/c1-13-8-14(2)10-15(9-13)18(23)22-16-11-20-19(21-12-16)24-17-6-4-3-5-7-17/h3-12H,1-2H3,(H,22,23). The fourth-order valence-electron chi connectivity index (χ4n) is 2.34. The number of nitrogens with zero attached hydrogens (tertiary/aromatic N) is 2. The van der Waals surface area contributed by atoms with Crippen LogP contribution in [-0.4, -0.2) is 15.9 Å². The van der Waals surface area contributed by atoms with Crippen LogP contribution in [0.4, 0.5) is 5.69 Å². The molecule has 3 aromatic rings. The lowest BCUT2D eigenvalue weighted by Crippen LogP contribution is -2.12. The molecule has 1 aromatic heterocycles. The zero-order valence-corrected chi connectivity index (χ0v) is 13.5. The number of ether oxygens (including phenoxy) is 1. The lowest BCUT2D eigenvalue weighted by Gasteiger charge is -2.07. The van der Waals surface area contributed by atoms with Crippen LogP contribution in [0.2, 0.25) is 0 Å². The molecule has 0 aliphatic carbocycles. The van der Waals surface area contributed by atoms with E-state index in [-0.39, 0.29) is 11.9 Å². The molecule has 1 N–H and O–H groups in total. The van der Waals surface area contributed by atoms with Gasteiger partial charge in [0.25, 0.3) is 5.91 Å². The Bertz CT molecular complexity index is 826. The minimum atomic E-state index is -0.192. The Balaban J connectivity index is 1.68. The molecule has 0 bridgehead atoms. The van der Waals surface area contributed by atoms with Crippen molar-refractivity contribution in [2.45, 2.75) is 13.8 Å². The number of hydrogen-bond acceptors (Lipinski definition) is 4. The number of hydrogen-bond donors (Lipinski definition) is 1. The molecule has 0 aliphatic heterocycles. The molecule has 0 saturated heterocycles. The molecule has 0 atom stereocenters. The number of carbonyl (C=O) groups excluding carboxylic acids is 1. The van der Waals surface area contributed by atoms with Crippen molar-refractivity contribution in [2.24, 2.45) is 0 Å². The minimum Gasteiger partial charge on any atom is -0.424 e. The number of benzene rings is 2. The van der Waals surface area contributed by atoms with Crippen LogP contribution in [-0.2, 0) is 0 Å². The summed E-state index contributed by atoms with van der Waals surface area (Å²) < 4.78 is 5.52. The largest absolute Gasteiger partial charge is 0.424 e. The van der Waals surface area contributed by atoms with Crippen LogP contribution in [0.25, 0.3) is 0 Å². The zero-order chi connectivity index (χ0) is 16.9. The number of para-hydroxylation sites is 1. The highest BCUT2D eigenvalue weighted by Gasteiger charge is 2.08. The maximum absolute atomic E-state index is 12.3. The van der Waals surface area contributed by atoms with Gasteiger partial charge in [-0.25, -0.2) is 9.97 Å². The van der Waals surface area contributed by atoms with Gasteiger partial charge in [0.15, 0.2) is 0 Å². The molecule has 120 valence electrons. The van der Waals surface area contributed by atoms with Gasteiger partial charge in [0.2, 0.25) is 0 Å². The second-order valence-corrected chi connectivity index (χ2v) is 5.50. The summed E-state index contributed by atoms with van der Waals surface area (Å²) in [4.78, 5) is 20.5. The molecule has 2 aromatic carbocycles. The number of carbonyl (C=O) groups is 1. The van der Waals surface area contributed by atoms with Crippen LogP contribution in [0.15, 0.2) is 60.9 Å². The summed E-state index contributed by atoms with van der Waals surface area (Å²) in [7, 11) is 0. The van der Waals surface area contributed by atoms with Gasteiger partial charge < -0.3 is 10.1 Å². The molecule has 5 nitrogen and oxygen atoms in total. The molecule has 3 rings (SSSR count). The first kappa shape index (κ1) is 15.7. The summed E-state index contributed by atoms with van der Waals surface area (Å²) in [5, 5.41) is 2.78. The third kappa shape index (κ3) is 3.95. The third-order valence-electron chi connectivity index (χ3n) is 3.32. The van der Waals surface area contributed by atoms with E-state index in [1.165, 1.54) is 12.4 Å². The molecule has 0 radical (unpaired) electrons. The van der Waals surface area contributed by atoms with Gasteiger partial charge in [0.05, 0.1) is 18.1 Å². The maximum atomic E-state index is 12.3. The van der Waals surface area contributed by atoms with Gasteiger partial charge in [-0.2, -0.15) is 0 Å². The van der Waals surface area contributed by atoms with Gasteiger partial charge in [-0.05, 0) is 38.1 Å². The molecular formula is C19H17N3O2. The second-order valence-electron chi connectivity index (χ2n) is 5.50. The highest BCUT2D eigenvalue weighted by Crippen LogP contribution is 2.18. The lowest BCUT2D eigenvalue weighted by atomic mass is 10.1. The third-order valence-corrected chi connectivity index (χ3v) is 3.32. The Morgan fingerprint density at radius 3 is 2.21 bits per heavy atom. The summed E-state index contributed by atoms with van der Waals surface area (Å²) in [6.07, 6.45) is 3.04. The zero-order valence-electron chi connectivity index (χ0n) is 13.5. The molecule has 1 amide bonds. The van der Waals surface area contributed by atoms with Crippen molar-refractivity contribution >= 4 is 11.6 Å². The summed E-state index contributed by atoms with van der Waals surface area (Å²) in [6.45, 7) is 3.92. The normalized spacial score (nSPS) is 10.2. The van der Waals surface area contributed by atoms with Crippen LogP contribution in [0.3, 0.4) is 0 Å². The molecule has 0 aliphatic rings. The van der Waals surface area contributed by atoms with Gasteiger partial charge in [0, 0.05) is 5.56 Å². The van der Waals surface area contributed by atoms with Crippen molar-refractivity contribution in [3.63, 3.8) is 0 Å². The van der Waals surface area contributed by atoms with Crippen LogP contribution in [0, 0.1) is 13.8 Å². The molecule has 24 heavy (non-hydrogen) atoms. The average Bonchev–Trinajstić information content (AvgIpc) is 2.57. The van der Waals surface area contributed by atoms with E-state index in [0.717, 1.165) is 11.1 Å². The molecular weight excluding hydrogens is 302 g/mol. The predicted octanol–water partition coefficient (Wildman–Crippen LogP) is 4.14. The number of amides is 1. The van der Waals surface area contributed by atoms with Gasteiger partial charge in [-0.15, -0.1) is 0 Å². The molecule has 0 saturated carbocycles. The molecule has 5 heteroatoms. The van der Waals surface area contributed by atoms with Crippen molar-refractivity contribution in [2.75, 3.05) is 5.32 Å². The van der Waals surface area contributed by atoms with Crippen molar-refractivity contribution in [3.8, 4) is 11.8 Å². The summed E-state index contributed by atoms with van der Waals surface area (Å²) >= 11 is 0. The Labute approximate surface area is 140 Å². The number of nitrogens with one attached hydrogen (secondary N) is 1. The van der Waals surface area contributed by atoms with E-state index in [1.807, 2.05) is 62.4 Å². The monoisotopic (exact) mass is 319 g/mol. The fraction of sp³-hybridized carbons (Fsp3) is 0.105. The van der Waals surface area contributed by atoms with Crippen LogP contribution in [0.5, 0.6) is 11.8 Å². The number of aryl methyl sites for hydroxylation is 2. The minimum absolute atomic E-state index is 0.192. The SMILES string of the molecule is Cc1cc(C)cc(C(=O)Nc2cnc(Oc3ccccc3)nc2)c1. The van der Waals surface area contributed by atoms with Crippen molar-refractivity contribution in [1.82, 2.24) is 9.97 Å². The number of aromatic nitrogens is 2. The fourth-order valence-corrected chi connectivity index (χ4v) is 2.34. The smallest absolute Gasteiger partial charge is 0.322 e. The summed E-state index contributed by atoms with van der Waals surface area (Å²) in [5.41, 5.74) is 3.21. The molecule has 0 fully saturated rings. The van der Waals surface area contributed by atoms with E-state index in [2.05, 4.69) is 15.3 Å². The first-order valence-corrected chi connectivity index (χ1v) is 7.55. The maximum Gasteiger partial charge on any atom is 0.322 e. The summed E-state index contributed by atoms with van der Waals surface area (Å²) in [5.74, 6) is 0.464.